The van der Waals surface area contributed by atoms with Gasteiger partial charge >= 0.3 is 0 Å². The highest BCUT2D eigenvalue weighted by Gasteiger charge is 2.44. The average Bonchev–Trinajstić information content (AvgIpc) is 3.73. The Morgan fingerprint density at radius 1 is 0.371 bits per heavy atom. The van der Waals surface area contributed by atoms with Crippen LogP contribution in [0, 0.1) is 0 Å². The third-order valence-electron chi connectivity index (χ3n) is 14.6. The molecule has 3 aliphatic carbocycles. The van der Waals surface area contributed by atoms with Crippen LogP contribution in [-0.4, -0.2) is 0 Å². The van der Waals surface area contributed by atoms with Crippen molar-refractivity contribution in [2.45, 2.75) is 56.8 Å². The zero-order chi connectivity index (χ0) is 41.4. The Kier molecular flexibility index (Phi) is 8.51. The van der Waals surface area contributed by atoms with E-state index < -0.39 is 0 Å². The van der Waals surface area contributed by atoms with Crippen molar-refractivity contribution >= 4 is 27.8 Å². The zero-order valence-electron chi connectivity index (χ0n) is 35.5. The summed E-state index contributed by atoms with van der Waals surface area (Å²) >= 11 is 0. The topological polar surface area (TPSA) is 3.24 Å². The van der Waals surface area contributed by atoms with Gasteiger partial charge in [0.1, 0.15) is 0 Å². The highest BCUT2D eigenvalue weighted by atomic mass is 15.1. The molecule has 0 heterocycles. The molecule has 0 aliphatic heterocycles. The summed E-state index contributed by atoms with van der Waals surface area (Å²) in [5.41, 5.74) is 22.2. The van der Waals surface area contributed by atoms with Crippen molar-refractivity contribution in [2.24, 2.45) is 0 Å². The first-order valence-electron chi connectivity index (χ1n) is 22.6. The summed E-state index contributed by atoms with van der Waals surface area (Å²) < 4.78 is 0. The number of hydrogen-bond donors (Lipinski definition) is 0. The maximum Gasteiger partial charge on any atom is 0.0540 e. The first-order valence-corrected chi connectivity index (χ1v) is 22.6. The molecule has 0 saturated heterocycles. The Hall–Kier alpha value is -6.96. The summed E-state index contributed by atoms with van der Waals surface area (Å²) in [5, 5.41) is 2.51. The van der Waals surface area contributed by atoms with Crippen molar-refractivity contribution in [3.05, 3.63) is 222 Å². The Bertz CT molecular complexity index is 3190. The zero-order valence-corrected chi connectivity index (χ0v) is 35.5. The van der Waals surface area contributed by atoms with Gasteiger partial charge in [-0.1, -0.05) is 203 Å². The van der Waals surface area contributed by atoms with E-state index in [9.17, 15) is 0 Å². The summed E-state index contributed by atoms with van der Waals surface area (Å²) in [6.45, 7) is 4.79. The minimum atomic E-state index is -0.126. The highest BCUT2D eigenvalue weighted by Crippen LogP contribution is 2.58. The van der Waals surface area contributed by atoms with E-state index in [1.165, 1.54) is 132 Å². The summed E-state index contributed by atoms with van der Waals surface area (Å²) in [5.74, 6) is 0. The van der Waals surface area contributed by atoms with Crippen LogP contribution in [0.1, 0.15) is 68.2 Å². The fraction of sp³-hybridized carbons (Fsp3) is 0.148. The molecule has 1 heteroatoms. The van der Waals surface area contributed by atoms with Crippen molar-refractivity contribution in [3.63, 3.8) is 0 Å². The molecule has 9 aromatic carbocycles. The number of rotatable bonds is 6. The minimum absolute atomic E-state index is 0.0403. The number of anilines is 3. The standard InChI is InChI=1S/C61H49N/c1-60(2)54-32-10-7-26-49(54)53-31-18-29-47(59(53)60)43-23-15-24-44(39-43)62(45-35-36-50-48-25-8-11-33-55(48)61(56(50)40-45)37-13-4-14-38-61)57-34-12-9-27-51(57)52-30-17-22-42-21-16-28-46(58(42)52)41-19-5-3-6-20-41/h3,5-12,15-36,39-40H,4,13-14,37-38H2,1-2H3. The molecule has 1 fully saturated rings. The third kappa shape index (κ3) is 5.54. The van der Waals surface area contributed by atoms with Crippen molar-refractivity contribution < 1.29 is 0 Å². The Balaban J connectivity index is 1.10. The van der Waals surface area contributed by atoms with Gasteiger partial charge in [-0.15, -0.1) is 0 Å². The summed E-state index contributed by atoms with van der Waals surface area (Å²) in [4.78, 5) is 2.56. The molecular formula is C61H49N. The van der Waals surface area contributed by atoms with Crippen molar-refractivity contribution in [3.8, 4) is 55.6 Å². The van der Waals surface area contributed by atoms with E-state index in [1.54, 1.807) is 0 Å². The lowest BCUT2D eigenvalue weighted by atomic mass is 9.68. The number of para-hydroxylation sites is 1. The Morgan fingerprint density at radius 2 is 0.935 bits per heavy atom. The second kappa shape index (κ2) is 14.3. The van der Waals surface area contributed by atoms with Crippen LogP contribution in [0.4, 0.5) is 17.1 Å². The molecule has 9 aromatic rings. The summed E-state index contributed by atoms with van der Waals surface area (Å²) in [6.07, 6.45) is 6.23. The maximum absolute atomic E-state index is 2.57. The Labute approximate surface area is 366 Å². The van der Waals surface area contributed by atoms with Gasteiger partial charge in [-0.3, -0.25) is 0 Å². The van der Waals surface area contributed by atoms with E-state index in [0.29, 0.717) is 0 Å². The predicted octanol–water partition coefficient (Wildman–Crippen LogP) is 16.8. The van der Waals surface area contributed by atoms with E-state index in [2.05, 4.69) is 219 Å². The fourth-order valence-corrected chi connectivity index (χ4v) is 11.9. The quantitative estimate of drug-likeness (QED) is 0.162. The van der Waals surface area contributed by atoms with Crippen LogP contribution < -0.4 is 4.90 Å². The molecule has 0 amide bonds. The van der Waals surface area contributed by atoms with Gasteiger partial charge in [-0.2, -0.15) is 0 Å². The van der Waals surface area contributed by atoms with Gasteiger partial charge in [0.15, 0.2) is 0 Å². The van der Waals surface area contributed by atoms with Gasteiger partial charge in [-0.05, 0) is 126 Å². The molecule has 0 radical (unpaired) electrons. The first kappa shape index (κ1) is 36.9. The van der Waals surface area contributed by atoms with E-state index in [4.69, 9.17) is 0 Å². The molecule has 0 unspecified atom stereocenters. The molecule has 0 aromatic heterocycles. The third-order valence-corrected chi connectivity index (χ3v) is 14.6. The average molecular weight is 796 g/mol. The van der Waals surface area contributed by atoms with Gasteiger partial charge in [0.05, 0.1) is 5.69 Å². The number of benzene rings is 9. The Morgan fingerprint density at radius 3 is 1.74 bits per heavy atom. The van der Waals surface area contributed by atoms with Gasteiger partial charge in [0.25, 0.3) is 0 Å². The highest BCUT2D eigenvalue weighted by molar-refractivity contribution is 6.09. The lowest BCUT2D eigenvalue weighted by Crippen LogP contribution is -2.28. The van der Waals surface area contributed by atoms with E-state index in [1.807, 2.05) is 0 Å². The summed E-state index contributed by atoms with van der Waals surface area (Å²) in [7, 11) is 0. The lowest BCUT2D eigenvalue weighted by molar-refractivity contribution is 0.353. The molecule has 62 heavy (non-hydrogen) atoms. The fourth-order valence-electron chi connectivity index (χ4n) is 11.9. The normalized spacial score (nSPS) is 15.2. The van der Waals surface area contributed by atoms with Crippen LogP contribution in [0.15, 0.2) is 200 Å². The second-order valence-corrected chi connectivity index (χ2v) is 18.3. The van der Waals surface area contributed by atoms with Crippen molar-refractivity contribution in [2.75, 3.05) is 4.90 Å². The van der Waals surface area contributed by atoms with Gasteiger partial charge in [-0.25, -0.2) is 0 Å². The SMILES string of the molecule is CC1(C)c2ccccc2-c2cccc(-c3cccc(N(c4ccc5c(c4)C4(CCCCC4)c4ccccc4-5)c4ccccc4-c4cccc5cccc(-c6ccccc6)c45)c3)c21. The van der Waals surface area contributed by atoms with Crippen LogP contribution >= 0.6 is 0 Å². The van der Waals surface area contributed by atoms with Crippen LogP contribution in [-0.2, 0) is 10.8 Å². The van der Waals surface area contributed by atoms with Crippen molar-refractivity contribution in [1.82, 2.24) is 0 Å². The van der Waals surface area contributed by atoms with Crippen LogP contribution in [0.25, 0.3) is 66.4 Å². The minimum Gasteiger partial charge on any atom is -0.310 e. The molecule has 1 nitrogen and oxygen atoms in total. The van der Waals surface area contributed by atoms with Gasteiger partial charge < -0.3 is 4.90 Å². The molecule has 298 valence electrons. The molecular weight excluding hydrogens is 747 g/mol. The summed E-state index contributed by atoms with van der Waals surface area (Å²) in [6, 6.07) is 75.4. The maximum atomic E-state index is 2.57. The van der Waals surface area contributed by atoms with Crippen LogP contribution in [0.5, 0.6) is 0 Å². The predicted molar refractivity (Wildman–Crippen MR) is 262 cm³/mol. The molecule has 3 aliphatic rings. The van der Waals surface area contributed by atoms with Gasteiger partial charge in [0, 0.05) is 27.8 Å². The van der Waals surface area contributed by atoms with E-state index in [0.717, 1.165) is 5.69 Å². The van der Waals surface area contributed by atoms with E-state index in [-0.39, 0.29) is 10.8 Å². The molecule has 12 rings (SSSR count). The molecule has 0 bridgehead atoms. The molecule has 1 saturated carbocycles. The van der Waals surface area contributed by atoms with Crippen molar-refractivity contribution in [1.29, 1.82) is 0 Å². The van der Waals surface area contributed by atoms with E-state index >= 15 is 0 Å². The smallest absolute Gasteiger partial charge is 0.0540 e. The van der Waals surface area contributed by atoms with Crippen LogP contribution in [0.2, 0.25) is 0 Å². The second-order valence-electron chi connectivity index (χ2n) is 18.3. The number of hydrogen-bond acceptors (Lipinski definition) is 1. The molecule has 1 spiro atoms. The number of nitrogens with zero attached hydrogens (tertiary/aromatic N) is 1. The monoisotopic (exact) mass is 795 g/mol. The van der Waals surface area contributed by atoms with Crippen LogP contribution in [0.3, 0.4) is 0 Å². The van der Waals surface area contributed by atoms with Gasteiger partial charge in [0.2, 0.25) is 0 Å². The first-order chi connectivity index (χ1) is 30.5. The lowest BCUT2D eigenvalue weighted by Gasteiger charge is -2.37. The molecule has 0 N–H and O–H groups in total. The largest absolute Gasteiger partial charge is 0.310 e. The molecule has 0 atom stereocenters. The number of fused-ring (bicyclic) bond motifs is 9.